The summed E-state index contributed by atoms with van der Waals surface area (Å²) in [5, 5.41) is 1.22. The molecule has 0 spiro atoms. The molecule has 0 saturated heterocycles. The van der Waals surface area contributed by atoms with E-state index in [0.717, 1.165) is 24.2 Å². The molecule has 19 heavy (non-hydrogen) atoms. The van der Waals surface area contributed by atoms with Crippen LogP contribution in [0.3, 0.4) is 0 Å². The zero-order valence-corrected chi connectivity index (χ0v) is 12.6. The van der Waals surface area contributed by atoms with Crippen molar-refractivity contribution < 1.29 is 0 Å². The highest BCUT2D eigenvalue weighted by molar-refractivity contribution is 6.17. The third kappa shape index (κ3) is 3.19. The van der Waals surface area contributed by atoms with Gasteiger partial charge in [0.25, 0.3) is 0 Å². The van der Waals surface area contributed by atoms with Gasteiger partial charge in [-0.15, -0.1) is 11.6 Å². The van der Waals surface area contributed by atoms with Crippen molar-refractivity contribution in [3.63, 3.8) is 0 Å². The SMILES string of the molecule is Cc1cc(N(CCCCl)C(C)C)c2ccccc2n1. The monoisotopic (exact) mass is 276 g/mol. The van der Waals surface area contributed by atoms with E-state index in [0.29, 0.717) is 11.9 Å². The van der Waals surface area contributed by atoms with Crippen molar-refractivity contribution in [2.45, 2.75) is 33.2 Å². The van der Waals surface area contributed by atoms with Crippen LogP contribution in [0.1, 0.15) is 26.0 Å². The number of aryl methyl sites for hydroxylation is 1. The first-order valence-corrected chi connectivity index (χ1v) is 7.36. The molecule has 1 aromatic heterocycles. The summed E-state index contributed by atoms with van der Waals surface area (Å²) in [5.74, 6) is 0.700. The van der Waals surface area contributed by atoms with Crippen LogP contribution in [0.2, 0.25) is 0 Å². The molecule has 0 fully saturated rings. The largest absolute Gasteiger partial charge is 0.368 e. The molecule has 2 aromatic rings. The Hall–Kier alpha value is -1.28. The van der Waals surface area contributed by atoms with Crippen molar-refractivity contribution in [2.75, 3.05) is 17.3 Å². The van der Waals surface area contributed by atoms with Gasteiger partial charge in [0.2, 0.25) is 0 Å². The van der Waals surface area contributed by atoms with Crippen LogP contribution >= 0.6 is 11.6 Å². The van der Waals surface area contributed by atoms with Crippen LogP contribution in [0.5, 0.6) is 0 Å². The number of anilines is 1. The zero-order chi connectivity index (χ0) is 13.8. The number of benzene rings is 1. The quantitative estimate of drug-likeness (QED) is 0.753. The molecule has 1 heterocycles. The molecule has 0 unspecified atom stereocenters. The van der Waals surface area contributed by atoms with Gasteiger partial charge in [-0.05, 0) is 39.3 Å². The Bertz CT molecular complexity index is 551. The molecule has 2 rings (SSSR count). The molecule has 3 heteroatoms. The average molecular weight is 277 g/mol. The second-order valence-corrected chi connectivity index (χ2v) is 5.51. The van der Waals surface area contributed by atoms with Crippen LogP contribution in [0.25, 0.3) is 10.9 Å². The Morgan fingerprint density at radius 3 is 2.68 bits per heavy atom. The predicted molar refractivity (Wildman–Crippen MR) is 84.3 cm³/mol. The molecule has 102 valence electrons. The van der Waals surface area contributed by atoms with Crippen LogP contribution in [-0.4, -0.2) is 23.5 Å². The van der Waals surface area contributed by atoms with Crippen molar-refractivity contribution in [1.29, 1.82) is 0 Å². The van der Waals surface area contributed by atoms with E-state index in [-0.39, 0.29) is 0 Å². The number of hydrogen-bond acceptors (Lipinski definition) is 2. The number of hydrogen-bond donors (Lipinski definition) is 0. The Balaban J connectivity index is 2.51. The topological polar surface area (TPSA) is 16.1 Å². The van der Waals surface area contributed by atoms with Crippen molar-refractivity contribution in [3.05, 3.63) is 36.0 Å². The first kappa shape index (κ1) is 14.1. The van der Waals surface area contributed by atoms with Gasteiger partial charge in [-0.3, -0.25) is 4.98 Å². The number of nitrogens with zero attached hydrogens (tertiary/aromatic N) is 2. The number of halogens is 1. The Labute approximate surface area is 120 Å². The average Bonchev–Trinajstić information content (AvgIpc) is 2.38. The lowest BCUT2D eigenvalue weighted by molar-refractivity contribution is 0.674. The molecular weight excluding hydrogens is 256 g/mol. The Morgan fingerprint density at radius 2 is 2.00 bits per heavy atom. The fourth-order valence-corrected chi connectivity index (χ4v) is 2.53. The number of pyridine rings is 1. The molecule has 1 aromatic carbocycles. The van der Waals surface area contributed by atoms with Gasteiger partial charge >= 0.3 is 0 Å². The lowest BCUT2D eigenvalue weighted by Gasteiger charge is -2.30. The minimum Gasteiger partial charge on any atom is -0.368 e. The maximum Gasteiger partial charge on any atom is 0.0726 e. The standard InChI is InChI=1S/C16H21ClN2/c1-12(2)19(10-6-9-17)16-11-13(3)18-15-8-5-4-7-14(15)16/h4-5,7-8,11-12H,6,9-10H2,1-3H3. The van der Waals surface area contributed by atoms with Gasteiger partial charge < -0.3 is 4.90 Å². The van der Waals surface area contributed by atoms with Crippen LogP contribution in [0.4, 0.5) is 5.69 Å². The van der Waals surface area contributed by atoms with Crippen LogP contribution < -0.4 is 4.90 Å². The lowest BCUT2D eigenvalue weighted by Crippen LogP contribution is -2.32. The van der Waals surface area contributed by atoms with E-state index in [1.165, 1.54) is 11.1 Å². The van der Waals surface area contributed by atoms with Gasteiger partial charge in [0.05, 0.1) is 5.52 Å². The highest BCUT2D eigenvalue weighted by Crippen LogP contribution is 2.28. The third-order valence-electron chi connectivity index (χ3n) is 3.29. The molecule has 0 aliphatic carbocycles. The zero-order valence-electron chi connectivity index (χ0n) is 11.9. The highest BCUT2D eigenvalue weighted by atomic mass is 35.5. The summed E-state index contributed by atoms with van der Waals surface area (Å²) < 4.78 is 0. The molecule has 0 aliphatic rings. The molecule has 0 radical (unpaired) electrons. The summed E-state index contributed by atoms with van der Waals surface area (Å²) in [5.41, 5.74) is 3.39. The second-order valence-electron chi connectivity index (χ2n) is 5.13. The molecule has 0 atom stereocenters. The van der Waals surface area contributed by atoms with E-state index in [1.54, 1.807) is 0 Å². The molecule has 0 saturated carbocycles. The van der Waals surface area contributed by atoms with Gasteiger partial charge in [0.15, 0.2) is 0 Å². The predicted octanol–water partition coefficient (Wildman–Crippen LogP) is 4.39. The Kier molecular flexibility index (Phi) is 4.65. The lowest BCUT2D eigenvalue weighted by atomic mass is 10.1. The van der Waals surface area contributed by atoms with Crippen LogP contribution in [0.15, 0.2) is 30.3 Å². The fourth-order valence-electron chi connectivity index (χ4n) is 2.41. The Morgan fingerprint density at radius 1 is 1.26 bits per heavy atom. The van der Waals surface area contributed by atoms with Gasteiger partial charge in [-0.25, -0.2) is 0 Å². The fraction of sp³-hybridized carbons (Fsp3) is 0.438. The van der Waals surface area contributed by atoms with Crippen LogP contribution in [-0.2, 0) is 0 Å². The van der Waals surface area contributed by atoms with E-state index >= 15 is 0 Å². The first-order valence-electron chi connectivity index (χ1n) is 6.82. The number of para-hydroxylation sites is 1. The minimum atomic E-state index is 0.452. The number of fused-ring (bicyclic) bond motifs is 1. The number of alkyl halides is 1. The first-order chi connectivity index (χ1) is 9.13. The molecule has 0 aliphatic heterocycles. The summed E-state index contributed by atoms with van der Waals surface area (Å²) in [6.45, 7) is 7.47. The molecule has 2 nitrogen and oxygen atoms in total. The molecule has 0 bridgehead atoms. The van der Waals surface area contributed by atoms with Crippen molar-refractivity contribution in [1.82, 2.24) is 4.98 Å². The second kappa shape index (κ2) is 6.25. The molecular formula is C16H21ClN2. The maximum absolute atomic E-state index is 5.85. The van der Waals surface area contributed by atoms with E-state index in [4.69, 9.17) is 11.6 Å². The molecule has 0 amide bonds. The summed E-state index contributed by atoms with van der Waals surface area (Å²) in [6, 6.07) is 11.0. The van der Waals surface area contributed by atoms with Crippen molar-refractivity contribution >= 4 is 28.2 Å². The van der Waals surface area contributed by atoms with Gasteiger partial charge in [0.1, 0.15) is 0 Å². The van der Waals surface area contributed by atoms with E-state index in [1.807, 2.05) is 6.07 Å². The third-order valence-corrected chi connectivity index (χ3v) is 3.56. The summed E-state index contributed by atoms with van der Waals surface area (Å²) in [4.78, 5) is 7.02. The summed E-state index contributed by atoms with van der Waals surface area (Å²) in [6.07, 6.45) is 0.995. The van der Waals surface area contributed by atoms with Gasteiger partial charge in [-0.1, -0.05) is 18.2 Å². The van der Waals surface area contributed by atoms with E-state index in [2.05, 4.69) is 54.9 Å². The van der Waals surface area contributed by atoms with Crippen molar-refractivity contribution in [2.24, 2.45) is 0 Å². The van der Waals surface area contributed by atoms with Gasteiger partial charge in [0, 0.05) is 35.2 Å². The van der Waals surface area contributed by atoms with Crippen molar-refractivity contribution in [3.8, 4) is 0 Å². The highest BCUT2D eigenvalue weighted by Gasteiger charge is 2.14. The van der Waals surface area contributed by atoms with E-state index < -0.39 is 0 Å². The summed E-state index contributed by atoms with van der Waals surface area (Å²) >= 11 is 5.85. The maximum atomic E-state index is 5.85. The number of rotatable bonds is 5. The molecule has 0 N–H and O–H groups in total. The summed E-state index contributed by atoms with van der Waals surface area (Å²) in [7, 11) is 0. The normalized spacial score (nSPS) is 11.2. The van der Waals surface area contributed by atoms with E-state index in [9.17, 15) is 0 Å². The smallest absolute Gasteiger partial charge is 0.0726 e. The number of aromatic nitrogens is 1. The van der Waals surface area contributed by atoms with Crippen LogP contribution in [0, 0.1) is 6.92 Å². The van der Waals surface area contributed by atoms with Gasteiger partial charge in [-0.2, -0.15) is 0 Å². The minimum absolute atomic E-state index is 0.452.